The van der Waals surface area contributed by atoms with Crippen molar-refractivity contribution < 1.29 is 9.66 Å². The number of rotatable bonds is 7. The highest BCUT2D eigenvalue weighted by Crippen LogP contribution is 2.28. The molecule has 0 amide bonds. The van der Waals surface area contributed by atoms with Crippen molar-refractivity contribution in [3.63, 3.8) is 0 Å². The van der Waals surface area contributed by atoms with Crippen LogP contribution in [0.25, 0.3) is 0 Å². The van der Waals surface area contributed by atoms with E-state index in [9.17, 15) is 10.1 Å². The van der Waals surface area contributed by atoms with E-state index in [0.29, 0.717) is 18.5 Å². The number of hydrogen-bond donors (Lipinski definition) is 1. The molecule has 2 rings (SSSR count). The maximum atomic E-state index is 11.0. The minimum absolute atomic E-state index is 0.0653. The summed E-state index contributed by atoms with van der Waals surface area (Å²) in [6, 6.07) is 0. The van der Waals surface area contributed by atoms with Gasteiger partial charge in [-0.25, -0.2) is 4.98 Å². The summed E-state index contributed by atoms with van der Waals surface area (Å²) in [5, 5.41) is 14.0. The van der Waals surface area contributed by atoms with Crippen LogP contribution in [0.15, 0.2) is 6.20 Å². The summed E-state index contributed by atoms with van der Waals surface area (Å²) in [6.45, 7) is 3.24. The van der Waals surface area contributed by atoms with E-state index in [4.69, 9.17) is 4.74 Å². The molecule has 1 aromatic heterocycles. The molecule has 1 aromatic rings. The SMILES string of the molecule is CCCNc1ncc([N+](=O)[O-])c(OCC2CCCC2)n1. The molecule has 1 aliphatic rings. The van der Waals surface area contributed by atoms with Gasteiger partial charge in [-0.15, -0.1) is 0 Å². The summed E-state index contributed by atoms with van der Waals surface area (Å²) >= 11 is 0. The second-order valence-corrected chi connectivity index (χ2v) is 5.03. The number of nitro groups is 1. The number of ether oxygens (including phenoxy) is 1. The third-order valence-electron chi connectivity index (χ3n) is 3.40. The molecule has 110 valence electrons. The average molecular weight is 280 g/mol. The predicted molar refractivity (Wildman–Crippen MR) is 74.9 cm³/mol. The minimum atomic E-state index is -0.506. The monoisotopic (exact) mass is 280 g/mol. The zero-order valence-corrected chi connectivity index (χ0v) is 11.7. The Balaban J connectivity index is 2.06. The first-order valence-corrected chi connectivity index (χ1v) is 7.08. The van der Waals surface area contributed by atoms with Crippen molar-refractivity contribution in [2.24, 2.45) is 5.92 Å². The van der Waals surface area contributed by atoms with Crippen LogP contribution in [0.1, 0.15) is 39.0 Å². The lowest BCUT2D eigenvalue weighted by molar-refractivity contribution is -0.386. The van der Waals surface area contributed by atoms with Gasteiger partial charge in [0.05, 0.1) is 11.5 Å². The fraction of sp³-hybridized carbons (Fsp3) is 0.692. The first kappa shape index (κ1) is 14.5. The molecule has 1 fully saturated rings. The van der Waals surface area contributed by atoms with Gasteiger partial charge in [-0.3, -0.25) is 10.1 Å². The van der Waals surface area contributed by atoms with Crippen LogP contribution >= 0.6 is 0 Å². The van der Waals surface area contributed by atoms with E-state index >= 15 is 0 Å². The lowest BCUT2D eigenvalue weighted by Gasteiger charge is -2.11. The number of anilines is 1. The van der Waals surface area contributed by atoms with Crippen molar-refractivity contribution >= 4 is 11.6 Å². The fourth-order valence-corrected chi connectivity index (χ4v) is 2.29. The Labute approximate surface area is 117 Å². The van der Waals surface area contributed by atoms with Crippen molar-refractivity contribution in [3.05, 3.63) is 16.3 Å². The molecule has 1 aliphatic carbocycles. The van der Waals surface area contributed by atoms with Crippen LogP contribution in [0.5, 0.6) is 5.88 Å². The van der Waals surface area contributed by atoms with Crippen LogP contribution in [-0.2, 0) is 0 Å². The predicted octanol–water partition coefficient (Wildman–Crippen LogP) is 2.78. The molecule has 0 unspecified atom stereocenters. The van der Waals surface area contributed by atoms with Gasteiger partial charge in [-0.2, -0.15) is 4.98 Å². The van der Waals surface area contributed by atoms with Crippen LogP contribution < -0.4 is 10.1 Å². The Morgan fingerprint density at radius 3 is 2.90 bits per heavy atom. The largest absolute Gasteiger partial charge is 0.472 e. The molecule has 1 saturated carbocycles. The molecular formula is C13H20N4O3. The summed E-state index contributed by atoms with van der Waals surface area (Å²) in [5.74, 6) is 0.922. The summed E-state index contributed by atoms with van der Waals surface area (Å²) in [5.41, 5.74) is -0.176. The topological polar surface area (TPSA) is 90.2 Å². The minimum Gasteiger partial charge on any atom is -0.472 e. The van der Waals surface area contributed by atoms with Crippen molar-refractivity contribution in [1.29, 1.82) is 0 Å². The van der Waals surface area contributed by atoms with Crippen LogP contribution in [0, 0.1) is 16.0 Å². The molecule has 0 aromatic carbocycles. The molecule has 7 nitrogen and oxygen atoms in total. The zero-order valence-electron chi connectivity index (χ0n) is 11.7. The molecule has 0 saturated heterocycles. The highest BCUT2D eigenvalue weighted by molar-refractivity contribution is 5.43. The van der Waals surface area contributed by atoms with Crippen LogP contribution in [0.4, 0.5) is 11.6 Å². The molecule has 7 heteroatoms. The molecule has 0 aliphatic heterocycles. The highest BCUT2D eigenvalue weighted by Gasteiger charge is 2.22. The summed E-state index contributed by atoms with van der Waals surface area (Å²) in [4.78, 5) is 18.5. The van der Waals surface area contributed by atoms with Gasteiger partial charge < -0.3 is 10.1 Å². The highest BCUT2D eigenvalue weighted by atomic mass is 16.6. The second kappa shape index (κ2) is 7.02. The van der Waals surface area contributed by atoms with Gasteiger partial charge in [0.2, 0.25) is 5.95 Å². The third kappa shape index (κ3) is 3.79. The van der Waals surface area contributed by atoms with Gasteiger partial charge in [0.15, 0.2) is 0 Å². The first-order chi connectivity index (χ1) is 9.70. The molecule has 1 heterocycles. The van der Waals surface area contributed by atoms with Crippen LogP contribution in [-0.4, -0.2) is 28.0 Å². The number of nitrogens with zero attached hydrogens (tertiary/aromatic N) is 3. The third-order valence-corrected chi connectivity index (χ3v) is 3.40. The Morgan fingerprint density at radius 1 is 1.50 bits per heavy atom. The summed E-state index contributed by atoms with van der Waals surface area (Å²) in [7, 11) is 0. The van der Waals surface area contributed by atoms with Crippen molar-refractivity contribution in [1.82, 2.24) is 9.97 Å². The van der Waals surface area contributed by atoms with E-state index in [1.807, 2.05) is 6.92 Å². The molecule has 1 N–H and O–H groups in total. The van der Waals surface area contributed by atoms with E-state index < -0.39 is 4.92 Å². The maximum Gasteiger partial charge on any atom is 0.349 e. The zero-order chi connectivity index (χ0) is 14.4. The van der Waals surface area contributed by atoms with E-state index in [-0.39, 0.29) is 11.6 Å². The molecule has 20 heavy (non-hydrogen) atoms. The van der Waals surface area contributed by atoms with Gasteiger partial charge in [-0.05, 0) is 25.2 Å². The fourth-order valence-electron chi connectivity index (χ4n) is 2.29. The van der Waals surface area contributed by atoms with E-state index in [2.05, 4.69) is 15.3 Å². The van der Waals surface area contributed by atoms with Gasteiger partial charge in [-0.1, -0.05) is 19.8 Å². The Kier molecular flexibility index (Phi) is 5.09. The molecular weight excluding hydrogens is 260 g/mol. The van der Waals surface area contributed by atoms with Gasteiger partial charge in [0.25, 0.3) is 5.88 Å². The molecule has 0 atom stereocenters. The van der Waals surface area contributed by atoms with Crippen molar-refractivity contribution in [3.8, 4) is 5.88 Å². The Morgan fingerprint density at radius 2 is 2.25 bits per heavy atom. The van der Waals surface area contributed by atoms with Crippen molar-refractivity contribution in [2.75, 3.05) is 18.5 Å². The first-order valence-electron chi connectivity index (χ1n) is 7.08. The normalized spacial score (nSPS) is 15.2. The van der Waals surface area contributed by atoms with E-state index in [1.54, 1.807) is 0 Å². The molecule has 0 bridgehead atoms. The standard InChI is InChI=1S/C13H20N4O3/c1-2-7-14-13-15-8-11(17(18)19)12(16-13)20-9-10-5-3-4-6-10/h8,10H,2-7,9H2,1H3,(H,14,15,16). The van der Waals surface area contributed by atoms with E-state index in [0.717, 1.165) is 25.8 Å². The average Bonchev–Trinajstić information content (AvgIpc) is 2.96. The van der Waals surface area contributed by atoms with Crippen LogP contribution in [0.2, 0.25) is 0 Å². The smallest absolute Gasteiger partial charge is 0.349 e. The van der Waals surface area contributed by atoms with Gasteiger partial charge >= 0.3 is 5.69 Å². The lowest BCUT2D eigenvalue weighted by Crippen LogP contribution is -2.12. The summed E-state index contributed by atoms with van der Waals surface area (Å²) < 4.78 is 5.57. The lowest BCUT2D eigenvalue weighted by atomic mass is 10.1. The van der Waals surface area contributed by atoms with E-state index in [1.165, 1.54) is 19.0 Å². The Bertz CT molecular complexity index is 461. The van der Waals surface area contributed by atoms with Crippen LogP contribution in [0.3, 0.4) is 0 Å². The molecule has 0 spiro atoms. The van der Waals surface area contributed by atoms with Crippen molar-refractivity contribution in [2.45, 2.75) is 39.0 Å². The number of hydrogen-bond acceptors (Lipinski definition) is 6. The Hall–Kier alpha value is -1.92. The van der Waals surface area contributed by atoms with Gasteiger partial charge in [0.1, 0.15) is 6.20 Å². The second-order valence-electron chi connectivity index (χ2n) is 5.03. The van der Waals surface area contributed by atoms with Gasteiger partial charge in [0, 0.05) is 6.54 Å². The molecule has 0 radical (unpaired) electrons. The summed E-state index contributed by atoms with van der Waals surface area (Å²) in [6.07, 6.45) is 6.81. The maximum absolute atomic E-state index is 11.0. The quantitative estimate of drug-likeness (QED) is 0.610. The number of nitrogens with one attached hydrogen (secondary N) is 1. The number of aromatic nitrogens is 2.